The van der Waals surface area contributed by atoms with Gasteiger partial charge in [-0.05, 0) is 48.5 Å². The molecule has 1 unspecified atom stereocenters. The minimum Gasteiger partial charge on any atom is -0.388 e. The summed E-state index contributed by atoms with van der Waals surface area (Å²) in [7, 11) is 2.02. The van der Waals surface area contributed by atoms with Crippen molar-refractivity contribution in [2.45, 2.75) is 47.5 Å². The van der Waals surface area contributed by atoms with E-state index in [2.05, 4.69) is 83.3 Å². The Morgan fingerprint density at radius 2 is 1.55 bits per heavy atom. The summed E-state index contributed by atoms with van der Waals surface area (Å²) in [6.45, 7) is 13.6. The Morgan fingerprint density at radius 3 is 2.05 bits per heavy atom. The summed E-state index contributed by atoms with van der Waals surface area (Å²) in [5.74, 6) is 0.359. The third-order valence-corrected chi connectivity index (χ3v) is 4.49. The maximum absolute atomic E-state index is 3.40. The number of benzene rings is 1. The number of hydrogen-bond donors (Lipinski definition) is 1. The predicted octanol–water partition coefficient (Wildman–Crippen LogP) is 5.59. The molecular formula is C21H29N. The van der Waals surface area contributed by atoms with Gasteiger partial charge in [0, 0.05) is 18.7 Å². The van der Waals surface area contributed by atoms with E-state index in [1.807, 2.05) is 7.05 Å². The van der Waals surface area contributed by atoms with Gasteiger partial charge in [0.15, 0.2) is 0 Å². The molecule has 0 bridgehead atoms. The van der Waals surface area contributed by atoms with Crippen LogP contribution in [0, 0.1) is 5.41 Å². The third kappa shape index (κ3) is 3.19. The van der Waals surface area contributed by atoms with E-state index in [-0.39, 0.29) is 5.41 Å². The third-order valence-electron chi connectivity index (χ3n) is 4.49. The first kappa shape index (κ1) is 16.6. The Balaban J connectivity index is 2.69. The van der Waals surface area contributed by atoms with Gasteiger partial charge in [0.2, 0.25) is 0 Å². The van der Waals surface area contributed by atoms with Gasteiger partial charge in [0.25, 0.3) is 0 Å². The molecule has 0 saturated heterocycles. The van der Waals surface area contributed by atoms with Crippen LogP contribution in [-0.4, -0.2) is 7.05 Å². The molecule has 0 fully saturated rings. The molecule has 1 nitrogen and oxygen atoms in total. The quantitative estimate of drug-likeness (QED) is 0.750. The molecule has 1 aliphatic carbocycles. The Morgan fingerprint density at radius 1 is 0.955 bits per heavy atom. The lowest BCUT2D eigenvalue weighted by molar-refractivity contribution is 0.536. The van der Waals surface area contributed by atoms with Crippen molar-refractivity contribution >= 4 is 0 Å². The molecular weight excluding hydrogens is 266 g/mol. The van der Waals surface area contributed by atoms with E-state index in [1.165, 1.54) is 33.6 Å². The Labute approximate surface area is 135 Å². The molecule has 1 aromatic rings. The molecule has 2 rings (SSSR count). The van der Waals surface area contributed by atoms with Gasteiger partial charge in [-0.15, -0.1) is 0 Å². The van der Waals surface area contributed by atoms with Gasteiger partial charge >= 0.3 is 0 Å². The molecule has 1 atom stereocenters. The average molecular weight is 295 g/mol. The van der Waals surface area contributed by atoms with Crippen LogP contribution in [0.25, 0.3) is 0 Å². The van der Waals surface area contributed by atoms with Crippen LogP contribution in [0.1, 0.15) is 53.0 Å². The average Bonchev–Trinajstić information content (AvgIpc) is 2.45. The summed E-state index contributed by atoms with van der Waals surface area (Å²) in [4.78, 5) is 0. The van der Waals surface area contributed by atoms with E-state index >= 15 is 0 Å². The minimum atomic E-state index is 0.161. The van der Waals surface area contributed by atoms with Gasteiger partial charge in [0.05, 0.1) is 0 Å². The van der Waals surface area contributed by atoms with Gasteiger partial charge in [-0.2, -0.15) is 0 Å². The lowest BCUT2D eigenvalue weighted by Gasteiger charge is -2.33. The van der Waals surface area contributed by atoms with Gasteiger partial charge in [-0.25, -0.2) is 0 Å². The number of hydrogen-bond acceptors (Lipinski definition) is 1. The number of rotatable bonds is 2. The molecule has 1 N–H and O–H groups in total. The van der Waals surface area contributed by atoms with E-state index in [9.17, 15) is 0 Å². The molecule has 1 aliphatic rings. The minimum absolute atomic E-state index is 0.161. The highest BCUT2D eigenvalue weighted by Gasteiger charge is 2.29. The lowest BCUT2D eigenvalue weighted by Crippen LogP contribution is -2.22. The summed E-state index contributed by atoms with van der Waals surface area (Å²) in [5, 5.41) is 3.40. The molecule has 1 heteroatoms. The molecule has 0 saturated carbocycles. The monoisotopic (exact) mass is 295 g/mol. The summed E-state index contributed by atoms with van der Waals surface area (Å²) < 4.78 is 0. The van der Waals surface area contributed by atoms with Gasteiger partial charge in [-0.1, -0.05) is 62.8 Å². The van der Waals surface area contributed by atoms with Crippen molar-refractivity contribution in [3.63, 3.8) is 0 Å². The zero-order valence-corrected chi connectivity index (χ0v) is 15.0. The molecule has 0 amide bonds. The first-order valence-electron chi connectivity index (χ1n) is 8.10. The van der Waals surface area contributed by atoms with Gasteiger partial charge in [-0.3, -0.25) is 0 Å². The summed E-state index contributed by atoms with van der Waals surface area (Å²) >= 11 is 0. The Bertz CT molecular complexity index is 636. The van der Waals surface area contributed by atoms with Gasteiger partial charge < -0.3 is 5.32 Å². The second-order valence-electron chi connectivity index (χ2n) is 7.37. The number of nitrogens with one attached hydrogen (secondary N) is 1. The van der Waals surface area contributed by atoms with E-state index in [1.54, 1.807) is 0 Å². The van der Waals surface area contributed by atoms with Crippen molar-refractivity contribution in [3.05, 3.63) is 70.0 Å². The lowest BCUT2D eigenvalue weighted by atomic mass is 9.73. The zero-order chi connectivity index (χ0) is 16.5. The number of likely N-dealkylation sites (N-methyl/N-ethyl adjacent to an activating group) is 1. The van der Waals surface area contributed by atoms with Crippen LogP contribution in [0.5, 0.6) is 0 Å². The Hall–Kier alpha value is -1.76. The normalized spacial score (nSPS) is 21.6. The smallest absolute Gasteiger partial charge is 0.0399 e. The van der Waals surface area contributed by atoms with Crippen LogP contribution >= 0.6 is 0 Å². The fourth-order valence-electron chi connectivity index (χ4n) is 3.40. The van der Waals surface area contributed by atoms with Crippen molar-refractivity contribution in [1.82, 2.24) is 5.32 Å². The van der Waals surface area contributed by atoms with Crippen molar-refractivity contribution in [3.8, 4) is 0 Å². The van der Waals surface area contributed by atoms with E-state index in [0.29, 0.717) is 5.92 Å². The van der Waals surface area contributed by atoms with E-state index in [4.69, 9.17) is 0 Å². The summed E-state index contributed by atoms with van der Waals surface area (Å²) in [6, 6.07) is 10.9. The Kier molecular flexibility index (Phi) is 4.65. The molecule has 1 aromatic carbocycles. The fourth-order valence-corrected chi connectivity index (χ4v) is 3.40. The topological polar surface area (TPSA) is 12.0 Å². The number of allylic oxidation sites excluding steroid dienone is 5. The predicted molar refractivity (Wildman–Crippen MR) is 96.9 cm³/mol. The highest BCUT2D eigenvalue weighted by Crippen LogP contribution is 2.44. The van der Waals surface area contributed by atoms with Crippen LogP contribution in [0.4, 0.5) is 0 Å². The maximum Gasteiger partial charge on any atom is 0.0399 e. The highest BCUT2D eigenvalue weighted by atomic mass is 14.8. The van der Waals surface area contributed by atoms with Crippen molar-refractivity contribution in [1.29, 1.82) is 0 Å². The second-order valence-corrected chi connectivity index (χ2v) is 7.37. The molecule has 0 aliphatic heterocycles. The fraction of sp³-hybridized carbons (Fsp3) is 0.429. The maximum atomic E-state index is 3.40. The SMILES string of the molecule is CNC1=C(C)/C(=C\C(C)(C)C)C(c2ccccc2)C(C)=C1C. The molecule has 0 radical (unpaired) electrons. The van der Waals surface area contributed by atoms with Crippen LogP contribution in [0.15, 0.2) is 64.4 Å². The first-order valence-corrected chi connectivity index (χ1v) is 8.10. The summed E-state index contributed by atoms with van der Waals surface area (Å²) in [6.07, 6.45) is 2.44. The summed E-state index contributed by atoms with van der Waals surface area (Å²) in [5.41, 5.74) is 8.44. The zero-order valence-electron chi connectivity index (χ0n) is 15.0. The van der Waals surface area contributed by atoms with Crippen molar-refractivity contribution in [2.24, 2.45) is 5.41 Å². The van der Waals surface area contributed by atoms with Crippen molar-refractivity contribution in [2.75, 3.05) is 7.05 Å². The second kappa shape index (κ2) is 6.16. The largest absolute Gasteiger partial charge is 0.388 e. The van der Waals surface area contributed by atoms with Crippen LogP contribution in [0.2, 0.25) is 0 Å². The van der Waals surface area contributed by atoms with Crippen molar-refractivity contribution < 1.29 is 0 Å². The molecule has 0 spiro atoms. The molecule has 22 heavy (non-hydrogen) atoms. The molecule has 118 valence electrons. The molecule has 0 aromatic heterocycles. The standard InChI is InChI=1S/C21H29N/c1-14-15(2)20(22-7)16(3)18(13-21(4,5)6)19(14)17-11-9-8-10-12-17/h8-13,19,22H,1-7H3/b18-13+. The van der Waals surface area contributed by atoms with Crippen LogP contribution < -0.4 is 5.32 Å². The van der Waals surface area contributed by atoms with Crippen LogP contribution in [0.3, 0.4) is 0 Å². The van der Waals surface area contributed by atoms with Crippen LogP contribution in [-0.2, 0) is 0 Å². The van der Waals surface area contributed by atoms with Gasteiger partial charge in [0.1, 0.15) is 0 Å². The molecule has 0 heterocycles. The highest BCUT2D eigenvalue weighted by molar-refractivity contribution is 5.58. The van der Waals surface area contributed by atoms with E-state index < -0.39 is 0 Å². The first-order chi connectivity index (χ1) is 10.3. The van der Waals surface area contributed by atoms with E-state index in [0.717, 1.165) is 0 Å².